The van der Waals surface area contributed by atoms with Crippen LogP contribution >= 0.6 is 12.4 Å². The number of nitrogen functional groups attached to an aromatic ring is 1. The summed E-state index contributed by atoms with van der Waals surface area (Å²) in [5.41, 5.74) is 8.62. The van der Waals surface area contributed by atoms with Gasteiger partial charge in [-0.25, -0.2) is 4.39 Å². The van der Waals surface area contributed by atoms with E-state index in [0.29, 0.717) is 18.8 Å². The Morgan fingerprint density at radius 3 is 2.44 bits per heavy atom. The second-order valence-corrected chi connectivity index (χ2v) is 6.49. The van der Waals surface area contributed by atoms with Crippen molar-refractivity contribution < 1.29 is 9.18 Å². The molecule has 1 aliphatic carbocycles. The second kappa shape index (κ2) is 8.86. The highest BCUT2D eigenvalue weighted by atomic mass is 35.5. The maximum Gasteiger partial charge on any atom is 0.220 e. The van der Waals surface area contributed by atoms with Crippen LogP contribution in [0.1, 0.15) is 42.9 Å². The van der Waals surface area contributed by atoms with Gasteiger partial charge in [-0.15, -0.1) is 12.4 Å². The third kappa shape index (κ3) is 4.95. The molecule has 1 atom stereocenters. The zero-order valence-corrected chi connectivity index (χ0v) is 14.9. The van der Waals surface area contributed by atoms with E-state index in [2.05, 4.69) is 5.32 Å². The molecule has 1 aliphatic rings. The van der Waals surface area contributed by atoms with Gasteiger partial charge >= 0.3 is 0 Å². The Bertz CT molecular complexity index is 701. The summed E-state index contributed by atoms with van der Waals surface area (Å²) in [6, 6.07) is 14.0. The molecule has 0 bridgehead atoms. The molecule has 0 radical (unpaired) electrons. The average Bonchev–Trinajstić information content (AvgIpc) is 2.52. The Morgan fingerprint density at radius 2 is 1.84 bits per heavy atom. The van der Waals surface area contributed by atoms with Gasteiger partial charge in [-0.2, -0.15) is 0 Å². The van der Waals surface area contributed by atoms with Crippen LogP contribution in [0.5, 0.6) is 0 Å². The molecule has 134 valence electrons. The monoisotopic (exact) mass is 362 g/mol. The van der Waals surface area contributed by atoms with E-state index in [-0.39, 0.29) is 30.2 Å². The molecule has 2 aromatic rings. The molecular weight excluding hydrogens is 339 g/mol. The van der Waals surface area contributed by atoms with Crippen molar-refractivity contribution in [1.29, 1.82) is 0 Å². The Morgan fingerprint density at radius 1 is 1.16 bits per heavy atom. The molecule has 3 rings (SSSR count). The lowest BCUT2D eigenvalue weighted by Gasteiger charge is -2.34. The van der Waals surface area contributed by atoms with E-state index in [1.54, 1.807) is 12.1 Å². The fourth-order valence-corrected chi connectivity index (χ4v) is 3.17. The molecule has 25 heavy (non-hydrogen) atoms. The summed E-state index contributed by atoms with van der Waals surface area (Å²) in [6.07, 6.45) is 4.43. The molecule has 3 N–H and O–H groups in total. The molecule has 0 aromatic heterocycles. The van der Waals surface area contributed by atoms with Crippen molar-refractivity contribution in [1.82, 2.24) is 5.32 Å². The Balaban J connectivity index is 0.00000225. The van der Waals surface area contributed by atoms with Crippen LogP contribution in [0.2, 0.25) is 0 Å². The van der Waals surface area contributed by atoms with Gasteiger partial charge < -0.3 is 11.1 Å². The predicted molar refractivity (Wildman–Crippen MR) is 101 cm³/mol. The first-order valence-electron chi connectivity index (χ1n) is 8.51. The summed E-state index contributed by atoms with van der Waals surface area (Å²) in [5, 5.41) is 3.14. The van der Waals surface area contributed by atoms with Crippen molar-refractivity contribution in [2.75, 3.05) is 5.73 Å². The highest BCUT2D eigenvalue weighted by molar-refractivity contribution is 5.85. The van der Waals surface area contributed by atoms with E-state index >= 15 is 0 Å². The first kappa shape index (κ1) is 19.3. The van der Waals surface area contributed by atoms with E-state index in [0.717, 1.165) is 29.7 Å². The van der Waals surface area contributed by atoms with Crippen LogP contribution in [-0.4, -0.2) is 5.91 Å². The number of nitrogens with one attached hydrogen (secondary N) is 1. The first-order valence-corrected chi connectivity index (χ1v) is 8.51. The number of hydrogen-bond acceptors (Lipinski definition) is 2. The van der Waals surface area contributed by atoms with Gasteiger partial charge in [0.15, 0.2) is 0 Å². The molecule has 5 heteroatoms. The molecule has 1 saturated carbocycles. The van der Waals surface area contributed by atoms with Crippen LogP contribution in [0.25, 0.3) is 0 Å². The van der Waals surface area contributed by atoms with Gasteiger partial charge in [0.1, 0.15) is 5.82 Å². The molecule has 1 fully saturated rings. The first-order chi connectivity index (χ1) is 11.6. The number of amides is 1. The van der Waals surface area contributed by atoms with E-state index in [4.69, 9.17) is 5.73 Å². The van der Waals surface area contributed by atoms with Crippen molar-refractivity contribution in [3.05, 3.63) is 65.5 Å². The SMILES string of the molecule is Cl.Nc1ccccc1CCC(=O)NC(c1ccc(F)cc1)C1CCC1. The van der Waals surface area contributed by atoms with Gasteiger partial charge in [-0.05, 0) is 54.5 Å². The number of aryl methyl sites for hydroxylation is 1. The molecule has 2 aromatic carbocycles. The maximum atomic E-state index is 13.2. The minimum Gasteiger partial charge on any atom is -0.399 e. The largest absolute Gasteiger partial charge is 0.399 e. The molecule has 1 amide bonds. The van der Waals surface area contributed by atoms with E-state index in [1.807, 2.05) is 24.3 Å². The molecule has 0 heterocycles. The minimum atomic E-state index is -0.253. The van der Waals surface area contributed by atoms with Crippen molar-refractivity contribution in [3.8, 4) is 0 Å². The lowest BCUT2D eigenvalue weighted by molar-refractivity contribution is -0.122. The van der Waals surface area contributed by atoms with Gasteiger partial charge in [0.05, 0.1) is 6.04 Å². The molecule has 1 unspecified atom stereocenters. The van der Waals surface area contributed by atoms with Gasteiger partial charge in [-0.1, -0.05) is 36.8 Å². The number of anilines is 1. The highest BCUT2D eigenvalue weighted by Crippen LogP contribution is 2.37. The summed E-state index contributed by atoms with van der Waals surface area (Å²) < 4.78 is 13.2. The normalized spacial score (nSPS) is 14.9. The third-order valence-electron chi connectivity index (χ3n) is 4.84. The summed E-state index contributed by atoms with van der Waals surface area (Å²) in [4.78, 5) is 12.4. The van der Waals surface area contributed by atoms with Gasteiger partial charge in [0.2, 0.25) is 5.91 Å². The van der Waals surface area contributed by atoms with Crippen LogP contribution in [0, 0.1) is 11.7 Å². The van der Waals surface area contributed by atoms with Gasteiger partial charge in [-0.3, -0.25) is 4.79 Å². The minimum absolute atomic E-state index is 0. The topological polar surface area (TPSA) is 55.1 Å². The van der Waals surface area contributed by atoms with Gasteiger partial charge in [0.25, 0.3) is 0 Å². The average molecular weight is 363 g/mol. The lowest BCUT2D eigenvalue weighted by Crippen LogP contribution is -2.36. The number of rotatable bonds is 6. The van der Waals surface area contributed by atoms with Crippen LogP contribution in [0.4, 0.5) is 10.1 Å². The van der Waals surface area contributed by atoms with Crippen molar-refractivity contribution in [2.24, 2.45) is 5.92 Å². The van der Waals surface area contributed by atoms with Crippen LogP contribution in [-0.2, 0) is 11.2 Å². The van der Waals surface area contributed by atoms with Crippen molar-refractivity contribution >= 4 is 24.0 Å². The quantitative estimate of drug-likeness (QED) is 0.747. The molecule has 0 aliphatic heterocycles. The van der Waals surface area contributed by atoms with Crippen LogP contribution in [0.3, 0.4) is 0 Å². The van der Waals surface area contributed by atoms with Crippen LogP contribution in [0.15, 0.2) is 48.5 Å². The highest BCUT2D eigenvalue weighted by Gasteiger charge is 2.29. The fraction of sp³-hybridized carbons (Fsp3) is 0.350. The molecular formula is C20H24ClFN2O. The number of hydrogen-bond donors (Lipinski definition) is 2. The second-order valence-electron chi connectivity index (χ2n) is 6.49. The lowest BCUT2D eigenvalue weighted by atomic mass is 9.77. The molecule has 0 saturated heterocycles. The number of benzene rings is 2. The molecule has 3 nitrogen and oxygen atoms in total. The van der Waals surface area contributed by atoms with Crippen LogP contribution < -0.4 is 11.1 Å². The zero-order valence-electron chi connectivity index (χ0n) is 14.1. The number of para-hydroxylation sites is 1. The number of nitrogens with two attached hydrogens (primary N) is 1. The van der Waals surface area contributed by atoms with Gasteiger partial charge in [0, 0.05) is 12.1 Å². The van der Waals surface area contributed by atoms with Crippen molar-refractivity contribution in [2.45, 2.75) is 38.1 Å². The Labute approximate surface area is 154 Å². The van der Waals surface area contributed by atoms with E-state index in [1.165, 1.54) is 18.6 Å². The summed E-state index contributed by atoms with van der Waals surface area (Å²) >= 11 is 0. The zero-order chi connectivity index (χ0) is 16.9. The summed E-state index contributed by atoms with van der Waals surface area (Å²) in [7, 11) is 0. The van der Waals surface area contributed by atoms with Crippen molar-refractivity contribution in [3.63, 3.8) is 0 Å². The Hall–Kier alpha value is -2.07. The predicted octanol–water partition coefficient (Wildman–Crippen LogP) is 4.42. The Kier molecular flexibility index (Phi) is 6.82. The van der Waals surface area contributed by atoms with E-state index in [9.17, 15) is 9.18 Å². The smallest absolute Gasteiger partial charge is 0.220 e. The summed E-state index contributed by atoms with van der Waals surface area (Å²) in [5.74, 6) is 0.206. The maximum absolute atomic E-state index is 13.2. The number of carbonyl (C=O) groups is 1. The standard InChI is InChI=1S/C20H23FN2O.ClH/c21-17-11-8-16(9-12-17)20(15-5-3-6-15)23-19(24)13-10-14-4-1-2-7-18(14)22;/h1-2,4,7-9,11-12,15,20H,3,5-6,10,13,22H2,(H,23,24);1H. The number of halogens is 2. The fourth-order valence-electron chi connectivity index (χ4n) is 3.17. The molecule has 0 spiro atoms. The van der Waals surface area contributed by atoms with E-state index < -0.39 is 0 Å². The summed E-state index contributed by atoms with van der Waals surface area (Å²) in [6.45, 7) is 0. The third-order valence-corrected chi connectivity index (χ3v) is 4.84. The number of carbonyl (C=O) groups excluding carboxylic acids is 1.